The van der Waals surface area contributed by atoms with Gasteiger partial charge in [-0.05, 0) is 30.0 Å². The molecule has 1 aromatic carbocycles. The van der Waals surface area contributed by atoms with Crippen LogP contribution in [0.25, 0.3) is 0 Å². The Kier molecular flexibility index (Phi) is 4.34. The zero-order chi connectivity index (χ0) is 14.0. The molecule has 3 nitrogen and oxygen atoms in total. The second-order valence-electron chi connectivity index (χ2n) is 4.04. The number of aryl methyl sites for hydroxylation is 1. The fraction of sp³-hybridized carbons (Fsp3) is 0.286. The molecule has 2 aromatic rings. The lowest BCUT2D eigenvalue weighted by Crippen LogP contribution is -2.02. The van der Waals surface area contributed by atoms with Gasteiger partial charge in [0.1, 0.15) is 6.10 Å². The largest absolute Gasteiger partial charge is 0.493 e. The first-order valence-corrected chi connectivity index (χ1v) is 6.98. The van der Waals surface area contributed by atoms with Crippen LogP contribution in [0.3, 0.4) is 0 Å². The molecular weight excluding hydrogens is 284 g/mol. The number of methoxy groups -OCH3 is 2. The van der Waals surface area contributed by atoms with Gasteiger partial charge in [-0.2, -0.15) is 0 Å². The van der Waals surface area contributed by atoms with Gasteiger partial charge >= 0.3 is 0 Å². The first-order valence-electron chi connectivity index (χ1n) is 5.72. The minimum Gasteiger partial charge on any atom is -0.493 e. The van der Waals surface area contributed by atoms with Crippen molar-refractivity contribution in [2.75, 3.05) is 14.2 Å². The zero-order valence-corrected chi connectivity index (χ0v) is 12.5. The highest BCUT2D eigenvalue weighted by Crippen LogP contribution is 2.41. The van der Waals surface area contributed by atoms with Crippen LogP contribution < -0.4 is 9.47 Å². The molecule has 0 saturated heterocycles. The predicted octanol–water partition coefficient (Wildman–Crippen LogP) is 3.81. The molecule has 102 valence electrons. The van der Waals surface area contributed by atoms with Crippen molar-refractivity contribution in [3.63, 3.8) is 0 Å². The van der Waals surface area contributed by atoms with Crippen molar-refractivity contribution in [2.24, 2.45) is 0 Å². The summed E-state index contributed by atoms with van der Waals surface area (Å²) in [4.78, 5) is 1.07. The van der Waals surface area contributed by atoms with Gasteiger partial charge in [-0.15, -0.1) is 11.3 Å². The maximum Gasteiger partial charge on any atom is 0.179 e. The standard InChI is InChI=1S/C14H15ClO3S/c1-8-9(6-7-19-8)13(16)10-4-5-11(17-2)14(18-3)12(10)15/h4-7,13,16H,1-3H3. The van der Waals surface area contributed by atoms with Crippen LogP contribution in [0.1, 0.15) is 22.1 Å². The summed E-state index contributed by atoms with van der Waals surface area (Å²) < 4.78 is 10.4. The van der Waals surface area contributed by atoms with E-state index in [9.17, 15) is 5.11 Å². The lowest BCUT2D eigenvalue weighted by Gasteiger charge is -2.17. The van der Waals surface area contributed by atoms with Crippen molar-refractivity contribution in [3.8, 4) is 11.5 Å². The molecule has 0 spiro atoms. The van der Waals surface area contributed by atoms with E-state index in [0.717, 1.165) is 10.4 Å². The fourth-order valence-electron chi connectivity index (χ4n) is 1.96. The molecule has 1 aromatic heterocycles. The molecule has 1 heterocycles. The SMILES string of the molecule is COc1ccc(C(O)c2ccsc2C)c(Cl)c1OC. The van der Waals surface area contributed by atoms with E-state index in [4.69, 9.17) is 21.1 Å². The molecule has 0 radical (unpaired) electrons. The third kappa shape index (κ3) is 2.56. The van der Waals surface area contributed by atoms with Crippen LogP contribution in [-0.2, 0) is 0 Å². The molecule has 0 bridgehead atoms. The summed E-state index contributed by atoms with van der Waals surface area (Å²) in [5.74, 6) is 0.985. The van der Waals surface area contributed by atoms with Crippen LogP contribution in [0.5, 0.6) is 11.5 Å². The number of halogens is 1. The topological polar surface area (TPSA) is 38.7 Å². The van der Waals surface area contributed by atoms with E-state index in [0.29, 0.717) is 22.1 Å². The number of ether oxygens (including phenoxy) is 2. The van der Waals surface area contributed by atoms with Crippen molar-refractivity contribution in [1.82, 2.24) is 0 Å². The Bertz CT molecular complexity index is 580. The minimum atomic E-state index is -0.765. The van der Waals surface area contributed by atoms with Gasteiger partial charge in [0, 0.05) is 10.4 Å². The molecule has 19 heavy (non-hydrogen) atoms. The third-order valence-corrected chi connectivity index (χ3v) is 4.25. The molecular formula is C14H15ClO3S. The van der Waals surface area contributed by atoms with E-state index in [1.165, 1.54) is 7.11 Å². The van der Waals surface area contributed by atoms with Gasteiger partial charge in [0.05, 0.1) is 19.2 Å². The summed E-state index contributed by atoms with van der Waals surface area (Å²) in [6.07, 6.45) is -0.765. The van der Waals surface area contributed by atoms with E-state index < -0.39 is 6.10 Å². The first-order chi connectivity index (χ1) is 9.10. The van der Waals surface area contributed by atoms with Crippen LogP contribution in [0.4, 0.5) is 0 Å². The number of rotatable bonds is 4. The van der Waals surface area contributed by atoms with E-state index in [2.05, 4.69) is 0 Å². The second kappa shape index (κ2) is 5.82. The molecule has 5 heteroatoms. The van der Waals surface area contributed by atoms with Crippen molar-refractivity contribution in [1.29, 1.82) is 0 Å². The van der Waals surface area contributed by atoms with Crippen LogP contribution in [0, 0.1) is 6.92 Å². The molecule has 0 aliphatic heterocycles. The Labute approximate surface area is 121 Å². The molecule has 0 aliphatic rings. The van der Waals surface area contributed by atoms with Gasteiger partial charge < -0.3 is 14.6 Å². The van der Waals surface area contributed by atoms with Crippen molar-refractivity contribution >= 4 is 22.9 Å². The number of benzene rings is 1. The molecule has 0 amide bonds. The number of aliphatic hydroxyl groups is 1. The van der Waals surface area contributed by atoms with E-state index in [1.54, 1.807) is 30.6 Å². The zero-order valence-electron chi connectivity index (χ0n) is 10.9. The lowest BCUT2D eigenvalue weighted by atomic mass is 10.0. The van der Waals surface area contributed by atoms with Crippen LogP contribution in [0.15, 0.2) is 23.6 Å². The van der Waals surface area contributed by atoms with Crippen molar-refractivity contribution in [2.45, 2.75) is 13.0 Å². The Hall–Kier alpha value is -1.23. The van der Waals surface area contributed by atoms with Gasteiger partial charge in [0.15, 0.2) is 11.5 Å². The van der Waals surface area contributed by atoms with Crippen LogP contribution in [0.2, 0.25) is 5.02 Å². The summed E-state index contributed by atoms with van der Waals surface area (Å²) in [6, 6.07) is 5.40. The Morgan fingerprint density at radius 2 is 1.89 bits per heavy atom. The Morgan fingerprint density at radius 3 is 2.42 bits per heavy atom. The predicted molar refractivity (Wildman–Crippen MR) is 77.7 cm³/mol. The minimum absolute atomic E-state index is 0.375. The quantitative estimate of drug-likeness (QED) is 0.933. The van der Waals surface area contributed by atoms with Gasteiger partial charge in [0.2, 0.25) is 0 Å². The molecule has 0 aliphatic carbocycles. The van der Waals surface area contributed by atoms with Crippen LogP contribution in [-0.4, -0.2) is 19.3 Å². The van der Waals surface area contributed by atoms with E-state index in [1.807, 2.05) is 18.4 Å². The molecule has 1 atom stereocenters. The van der Waals surface area contributed by atoms with Crippen molar-refractivity contribution in [3.05, 3.63) is 44.6 Å². The third-order valence-electron chi connectivity index (χ3n) is 3.00. The number of hydrogen-bond donors (Lipinski definition) is 1. The maximum absolute atomic E-state index is 10.5. The summed E-state index contributed by atoms with van der Waals surface area (Å²) in [7, 11) is 3.07. The Balaban J connectivity index is 2.49. The molecule has 1 unspecified atom stereocenters. The first kappa shape index (κ1) is 14.2. The van der Waals surface area contributed by atoms with Crippen molar-refractivity contribution < 1.29 is 14.6 Å². The highest BCUT2D eigenvalue weighted by molar-refractivity contribution is 7.10. The van der Waals surface area contributed by atoms with Gasteiger partial charge in [-0.25, -0.2) is 0 Å². The summed E-state index contributed by atoms with van der Waals surface area (Å²) in [5, 5.41) is 12.8. The number of thiophene rings is 1. The Morgan fingerprint density at radius 1 is 1.16 bits per heavy atom. The second-order valence-corrected chi connectivity index (χ2v) is 5.54. The fourth-order valence-corrected chi connectivity index (χ4v) is 3.03. The van der Waals surface area contributed by atoms with Gasteiger partial charge in [-0.1, -0.05) is 17.7 Å². The average Bonchev–Trinajstić information content (AvgIpc) is 2.83. The molecule has 0 saturated carbocycles. The normalized spacial score (nSPS) is 12.3. The summed E-state index contributed by atoms with van der Waals surface area (Å²) >= 11 is 7.89. The van der Waals surface area contributed by atoms with Gasteiger partial charge in [-0.3, -0.25) is 0 Å². The molecule has 0 fully saturated rings. The molecule has 2 rings (SSSR count). The maximum atomic E-state index is 10.5. The summed E-state index contributed by atoms with van der Waals surface area (Å²) in [5.41, 5.74) is 1.47. The highest BCUT2D eigenvalue weighted by Gasteiger charge is 2.21. The number of hydrogen-bond acceptors (Lipinski definition) is 4. The number of aliphatic hydroxyl groups excluding tert-OH is 1. The highest BCUT2D eigenvalue weighted by atomic mass is 35.5. The smallest absolute Gasteiger partial charge is 0.179 e. The molecule has 1 N–H and O–H groups in total. The van der Waals surface area contributed by atoms with Crippen LogP contribution >= 0.6 is 22.9 Å². The monoisotopic (exact) mass is 298 g/mol. The summed E-state index contributed by atoms with van der Waals surface area (Å²) in [6.45, 7) is 1.97. The lowest BCUT2D eigenvalue weighted by molar-refractivity contribution is 0.219. The van der Waals surface area contributed by atoms with Gasteiger partial charge in [0.25, 0.3) is 0 Å². The van der Waals surface area contributed by atoms with E-state index >= 15 is 0 Å². The average molecular weight is 299 g/mol. The van der Waals surface area contributed by atoms with E-state index in [-0.39, 0.29) is 0 Å².